The number of thioether (sulfide) groups is 1. The molecule has 2 aromatic heterocycles. The van der Waals surface area contributed by atoms with Gasteiger partial charge in [-0.15, -0.1) is 0 Å². The highest BCUT2D eigenvalue weighted by Gasteiger charge is 2.12. The lowest BCUT2D eigenvalue weighted by molar-refractivity contribution is -0.133. The van der Waals surface area contributed by atoms with E-state index in [1.165, 1.54) is 0 Å². The summed E-state index contributed by atoms with van der Waals surface area (Å²) >= 11 is 1.13. The molecule has 94 valence electrons. The van der Waals surface area contributed by atoms with E-state index in [0.717, 1.165) is 23.1 Å². The zero-order valence-electron chi connectivity index (χ0n) is 9.99. The second kappa shape index (κ2) is 5.18. The van der Waals surface area contributed by atoms with Crippen LogP contribution in [0.1, 0.15) is 11.4 Å². The van der Waals surface area contributed by atoms with Gasteiger partial charge in [0.05, 0.1) is 11.4 Å². The van der Waals surface area contributed by atoms with Crippen molar-refractivity contribution in [1.82, 2.24) is 19.7 Å². The Bertz CT molecular complexity index is 582. The fourth-order valence-electron chi connectivity index (χ4n) is 1.54. The van der Waals surface area contributed by atoms with Crippen LogP contribution in [0.5, 0.6) is 0 Å². The van der Waals surface area contributed by atoms with E-state index in [0.29, 0.717) is 10.8 Å². The zero-order chi connectivity index (χ0) is 13.1. The summed E-state index contributed by atoms with van der Waals surface area (Å²) < 4.78 is 1.67. The molecule has 0 amide bonds. The first-order valence-corrected chi connectivity index (χ1v) is 6.25. The maximum Gasteiger partial charge on any atom is 0.313 e. The average Bonchev–Trinajstić information content (AvgIpc) is 2.66. The molecular weight excluding hydrogens is 252 g/mol. The second-order valence-electron chi connectivity index (χ2n) is 3.71. The van der Waals surface area contributed by atoms with Crippen molar-refractivity contribution in [3.05, 3.63) is 29.8 Å². The topological polar surface area (TPSA) is 80.9 Å². The van der Waals surface area contributed by atoms with E-state index in [2.05, 4.69) is 15.1 Å². The van der Waals surface area contributed by atoms with Crippen LogP contribution in [-0.4, -0.2) is 36.6 Å². The van der Waals surface area contributed by atoms with Gasteiger partial charge < -0.3 is 5.11 Å². The Hall–Kier alpha value is -1.89. The van der Waals surface area contributed by atoms with Gasteiger partial charge in [-0.3, -0.25) is 4.79 Å². The Kier molecular flexibility index (Phi) is 3.61. The van der Waals surface area contributed by atoms with Crippen LogP contribution in [0.25, 0.3) is 5.82 Å². The van der Waals surface area contributed by atoms with Crippen molar-refractivity contribution in [2.24, 2.45) is 0 Å². The molecule has 0 fully saturated rings. The van der Waals surface area contributed by atoms with Gasteiger partial charge in [0.2, 0.25) is 0 Å². The highest BCUT2D eigenvalue weighted by atomic mass is 32.2. The van der Waals surface area contributed by atoms with E-state index < -0.39 is 5.97 Å². The monoisotopic (exact) mass is 264 g/mol. The van der Waals surface area contributed by atoms with Gasteiger partial charge in [0.25, 0.3) is 0 Å². The molecule has 0 radical (unpaired) electrons. The van der Waals surface area contributed by atoms with Crippen LogP contribution < -0.4 is 0 Å². The summed E-state index contributed by atoms with van der Waals surface area (Å²) in [5.74, 6) is -0.371. The summed E-state index contributed by atoms with van der Waals surface area (Å²) in [6.45, 7) is 3.81. The van der Waals surface area contributed by atoms with E-state index in [4.69, 9.17) is 5.11 Å². The highest BCUT2D eigenvalue weighted by Crippen LogP contribution is 2.22. The van der Waals surface area contributed by atoms with Gasteiger partial charge in [-0.05, 0) is 19.9 Å². The highest BCUT2D eigenvalue weighted by molar-refractivity contribution is 8.00. The molecule has 0 saturated carbocycles. The fourth-order valence-corrected chi connectivity index (χ4v) is 2.20. The van der Waals surface area contributed by atoms with E-state index in [1.807, 2.05) is 19.9 Å². The minimum atomic E-state index is -0.884. The lowest BCUT2D eigenvalue weighted by atomic mass is 10.4. The zero-order valence-corrected chi connectivity index (χ0v) is 10.8. The molecule has 0 aliphatic rings. The van der Waals surface area contributed by atoms with Gasteiger partial charge in [0.1, 0.15) is 5.03 Å². The normalized spacial score (nSPS) is 10.6. The summed E-state index contributed by atoms with van der Waals surface area (Å²) in [6, 6.07) is 1.93. The average molecular weight is 264 g/mol. The number of nitrogens with zero attached hydrogens (tertiary/aromatic N) is 4. The predicted molar refractivity (Wildman–Crippen MR) is 67.0 cm³/mol. The quantitative estimate of drug-likeness (QED) is 0.842. The van der Waals surface area contributed by atoms with E-state index in [1.54, 1.807) is 17.1 Å². The lowest BCUT2D eigenvalue weighted by Crippen LogP contribution is -2.06. The summed E-state index contributed by atoms with van der Waals surface area (Å²) in [7, 11) is 0. The Morgan fingerprint density at radius 3 is 2.72 bits per heavy atom. The number of rotatable bonds is 4. The van der Waals surface area contributed by atoms with Crippen molar-refractivity contribution in [3.8, 4) is 5.82 Å². The lowest BCUT2D eigenvalue weighted by Gasteiger charge is -2.07. The van der Waals surface area contributed by atoms with Crippen LogP contribution in [0, 0.1) is 13.8 Å². The van der Waals surface area contributed by atoms with Gasteiger partial charge in [0, 0.05) is 18.1 Å². The van der Waals surface area contributed by atoms with Crippen molar-refractivity contribution in [2.45, 2.75) is 18.9 Å². The molecule has 0 aliphatic carbocycles. The Balaban J connectivity index is 2.38. The van der Waals surface area contributed by atoms with Gasteiger partial charge in [-0.2, -0.15) is 5.10 Å². The summed E-state index contributed by atoms with van der Waals surface area (Å²) in [6.07, 6.45) is 3.11. The maximum absolute atomic E-state index is 10.6. The molecule has 2 rings (SSSR count). The van der Waals surface area contributed by atoms with E-state index in [9.17, 15) is 4.79 Å². The largest absolute Gasteiger partial charge is 0.481 e. The number of aromatic nitrogens is 4. The molecule has 18 heavy (non-hydrogen) atoms. The molecule has 6 nitrogen and oxygen atoms in total. The van der Waals surface area contributed by atoms with Gasteiger partial charge in [-0.25, -0.2) is 14.6 Å². The molecule has 0 aliphatic heterocycles. The van der Waals surface area contributed by atoms with Gasteiger partial charge >= 0.3 is 5.97 Å². The number of carboxylic acids is 1. The van der Waals surface area contributed by atoms with Crippen molar-refractivity contribution in [3.63, 3.8) is 0 Å². The summed E-state index contributed by atoms with van der Waals surface area (Å²) in [5, 5.41) is 13.6. The number of carboxylic acid groups (broad SMARTS) is 1. The van der Waals surface area contributed by atoms with Crippen LogP contribution in [0.2, 0.25) is 0 Å². The second-order valence-corrected chi connectivity index (χ2v) is 4.67. The first kappa shape index (κ1) is 12.6. The van der Waals surface area contributed by atoms with Crippen LogP contribution in [0.15, 0.2) is 23.5 Å². The summed E-state index contributed by atoms with van der Waals surface area (Å²) in [4.78, 5) is 19.0. The number of carbonyl (C=O) groups is 1. The van der Waals surface area contributed by atoms with Crippen LogP contribution in [0.3, 0.4) is 0 Å². The SMILES string of the molecule is Cc1cc(C)n(-c2nccnc2SCC(=O)O)n1. The van der Waals surface area contributed by atoms with Crippen LogP contribution >= 0.6 is 11.8 Å². The smallest absolute Gasteiger partial charge is 0.313 e. The number of aliphatic carboxylic acids is 1. The third-order valence-corrected chi connectivity index (χ3v) is 3.14. The molecule has 1 N–H and O–H groups in total. The molecule has 7 heteroatoms. The minimum Gasteiger partial charge on any atom is -0.481 e. The van der Waals surface area contributed by atoms with Crippen molar-refractivity contribution in [1.29, 1.82) is 0 Å². The molecule has 0 aromatic carbocycles. The molecule has 0 spiro atoms. The number of hydrogen-bond acceptors (Lipinski definition) is 5. The van der Waals surface area contributed by atoms with E-state index >= 15 is 0 Å². The van der Waals surface area contributed by atoms with Gasteiger partial charge in [-0.1, -0.05) is 11.8 Å². The van der Waals surface area contributed by atoms with E-state index in [-0.39, 0.29) is 5.75 Å². The molecule has 2 heterocycles. The molecule has 0 saturated heterocycles. The van der Waals surface area contributed by atoms with Crippen LogP contribution in [0.4, 0.5) is 0 Å². The third kappa shape index (κ3) is 2.67. The molecule has 0 unspecified atom stereocenters. The maximum atomic E-state index is 10.6. The Morgan fingerprint density at radius 2 is 2.11 bits per heavy atom. The summed E-state index contributed by atoms with van der Waals surface area (Å²) in [5.41, 5.74) is 1.82. The van der Waals surface area contributed by atoms with Gasteiger partial charge in [0.15, 0.2) is 5.82 Å². The van der Waals surface area contributed by atoms with Crippen molar-refractivity contribution >= 4 is 17.7 Å². The van der Waals surface area contributed by atoms with Crippen molar-refractivity contribution < 1.29 is 9.90 Å². The fraction of sp³-hybridized carbons (Fsp3) is 0.273. The van der Waals surface area contributed by atoms with Crippen molar-refractivity contribution in [2.75, 3.05) is 5.75 Å². The third-order valence-electron chi connectivity index (χ3n) is 2.19. The number of aryl methyl sites for hydroxylation is 2. The minimum absolute atomic E-state index is 0.0506. The number of hydrogen-bond donors (Lipinski definition) is 1. The Morgan fingerprint density at radius 1 is 1.39 bits per heavy atom. The molecule has 0 bridgehead atoms. The standard InChI is InChI=1S/C11H12N4O2S/c1-7-5-8(2)15(14-7)10-11(13-4-3-12-10)18-6-9(16)17/h3-5H,6H2,1-2H3,(H,16,17). The first-order valence-electron chi connectivity index (χ1n) is 5.27. The molecule has 0 atom stereocenters. The molecular formula is C11H12N4O2S. The van der Waals surface area contributed by atoms with Crippen LogP contribution in [-0.2, 0) is 4.79 Å². The predicted octanol–water partition coefficient (Wildman–Crippen LogP) is 1.46. The Labute approximate surface area is 108 Å². The first-order chi connectivity index (χ1) is 8.58. The molecule has 2 aromatic rings.